The maximum absolute atomic E-state index is 13.2. The van der Waals surface area contributed by atoms with E-state index >= 15 is 0 Å². The lowest BCUT2D eigenvalue weighted by molar-refractivity contribution is -0.128. The van der Waals surface area contributed by atoms with Gasteiger partial charge in [-0.1, -0.05) is 30.8 Å². The molecule has 7 heteroatoms. The summed E-state index contributed by atoms with van der Waals surface area (Å²) in [7, 11) is 0. The van der Waals surface area contributed by atoms with Crippen LogP contribution in [0.1, 0.15) is 25.2 Å². The Hall–Kier alpha value is -1.89. The molecule has 2 rings (SSSR count). The summed E-state index contributed by atoms with van der Waals surface area (Å²) in [4.78, 5) is 18.2. The minimum atomic E-state index is -0.289. The Labute approximate surface area is 133 Å². The van der Waals surface area contributed by atoms with Gasteiger partial charge in [0.1, 0.15) is 11.6 Å². The van der Waals surface area contributed by atoms with Crippen LogP contribution in [0.15, 0.2) is 29.4 Å². The molecule has 0 saturated carbocycles. The van der Waals surface area contributed by atoms with Crippen molar-refractivity contribution in [3.05, 3.63) is 41.5 Å². The van der Waals surface area contributed by atoms with Gasteiger partial charge in [0, 0.05) is 19.5 Å². The van der Waals surface area contributed by atoms with Crippen molar-refractivity contribution in [2.24, 2.45) is 0 Å². The molecule has 0 fully saturated rings. The number of benzene rings is 1. The van der Waals surface area contributed by atoms with Gasteiger partial charge in [0.05, 0.1) is 5.75 Å². The number of aromatic amines is 1. The van der Waals surface area contributed by atoms with Crippen molar-refractivity contribution >= 4 is 17.7 Å². The summed E-state index contributed by atoms with van der Waals surface area (Å²) in [6, 6.07) is 6.31. The average molecular weight is 322 g/mol. The summed E-state index contributed by atoms with van der Waals surface area (Å²) in [6.45, 7) is 4.87. The molecule has 0 aliphatic carbocycles. The second kappa shape index (κ2) is 7.93. The van der Waals surface area contributed by atoms with E-state index in [4.69, 9.17) is 0 Å². The molecule has 1 aromatic heterocycles. The fourth-order valence-electron chi connectivity index (χ4n) is 1.95. The van der Waals surface area contributed by atoms with E-state index in [2.05, 4.69) is 15.2 Å². The monoisotopic (exact) mass is 322 g/mol. The van der Waals surface area contributed by atoms with Crippen LogP contribution in [0, 0.1) is 5.82 Å². The zero-order valence-electron chi connectivity index (χ0n) is 12.7. The number of halogens is 1. The number of nitrogens with zero attached hydrogens (tertiary/aromatic N) is 3. The molecule has 0 aliphatic heterocycles. The number of rotatable bonds is 7. The Kier molecular flexibility index (Phi) is 5.94. The topological polar surface area (TPSA) is 61.9 Å². The number of hydrogen-bond acceptors (Lipinski definition) is 4. The van der Waals surface area contributed by atoms with E-state index in [1.165, 1.54) is 23.9 Å². The quantitative estimate of drug-likeness (QED) is 0.796. The average Bonchev–Trinajstić information content (AvgIpc) is 2.98. The van der Waals surface area contributed by atoms with Gasteiger partial charge in [0.25, 0.3) is 0 Å². The number of thioether (sulfide) groups is 1. The van der Waals surface area contributed by atoms with E-state index in [1.54, 1.807) is 11.0 Å². The number of amides is 1. The minimum absolute atomic E-state index is 0.0143. The van der Waals surface area contributed by atoms with Crippen molar-refractivity contribution < 1.29 is 9.18 Å². The van der Waals surface area contributed by atoms with Crippen molar-refractivity contribution in [3.63, 3.8) is 0 Å². The maximum Gasteiger partial charge on any atom is 0.233 e. The summed E-state index contributed by atoms with van der Waals surface area (Å²) in [6.07, 6.45) is 0.780. The van der Waals surface area contributed by atoms with Gasteiger partial charge in [-0.2, -0.15) is 0 Å². The lowest BCUT2D eigenvalue weighted by Crippen LogP contribution is -2.31. The Morgan fingerprint density at radius 1 is 1.41 bits per heavy atom. The summed E-state index contributed by atoms with van der Waals surface area (Å²) in [5, 5.41) is 7.44. The van der Waals surface area contributed by atoms with Gasteiger partial charge >= 0.3 is 0 Å². The lowest BCUT2D eigenvalue weighted by Gasteiger charge is -2.20. The first-order valence-corrected chi connectivity index (χ1v) is 8.17. The SMILES string of the molecule is CCc1nc(SCC(=O)N(CC)Cc2cccc(F)c2)n[nH]1. The summed E-state index contributed by atoms with van der Waals surface area (Å²) >= 11 is 1.30. The van der Waals surface area contributed by atoms with Crippen LogP contribution in [-0.2, 0) is 17.8 Å². The highest BCUT2D eigenvalue weighted by molar-refractivity contribution is 7.99. The fourth-order valence-corrected chi connectivity index (χ4v) is 2.67. The largest absolute Gasteiger partial charge is 0.338 e. The Morgan fingerprint density at radius 3 is 2.86 bits per heavy atom. The molecular formula is C15H19FN4OS. The third kappa shape index (κ3) is 4.56. The van der Waals surface area contributed by atoms with E-state index in [1.807, 2.05) is 19.9 Å². The van der Waals surface area contributed by atoms with E-state index in [-0.39, 0.29) is 17.5 Å². The first-order chi connectivity index (χ1) is 10.6. The highest BCUT2D eigenvalue weighted by atomic mass is 32.2. The van der Waals surface area contributed by atoms with Gasteiger partial charge in [0.2, 0.25) is 11.1 Å². The molecule has 1 amide bonds. The third-order valence-electron chi connectivity index (χ3n) is 3.17. The molecule has 0 unspecified atom stereocenters. The molecule has 0 saturated heterocycles. The molecule has 0 atom stereocenters. The van der Waals surface area contributed by atoms with Gasteiger partial charge in [-0.25, -0.2) is 9.37 Å². The molecule has 1 heterocycles. The maximum atomic E-state index is 13.2. The Morgan fingerprint density at radius 2 is 2.23 bits per heavy atom. The number of aryl methyl sites for hydroxylation is 1. The zero-order valence-corrected chi connectivity index (χ0v) is 13.5. The summed E-state index contributed by atoms with van der Waals surface area (Å²) in [5.74, 6) is 0.773. The van der Waals surface area contributed by atoms with Crippen LogP contribution in [-0.4, -0.2) is 38.3 Å². The van der Waals surface area contributed by atoms with Crippen molar-refractivity contribution in [2.75, 3.05) is 12.3 Å². The van der Waals surface area contributed by atoms with Gasteiger partial charge in [-0.15, -0.1) is 5.10 Å². The van der Waals surface area contributed by atoms with Crippen molar-refractivity contribution in [2.45, 2.75) is 32.0 Å². The summed E-state index contributed by atoms with van der Waals surface area (Å²) in [5.41, 5.74) is 0.784. The second-order valence-corrected chi connectivity index (χ2v) is 5.69. The van der Waals surface area contributed by atoms with Crippen LogP contribution in [0.2, 0.25) is 0 Å². The zero-order chi connectivity index (χ0) is 15.9. The van der Waals surface area contributed by atoms with E-state index in [0.717, 1.165) is 17.8 Å². The second-order valence-electron chi connectivity index (χ2n) is 4.74. The van der Waals surface area contributed by atoms with Gasteiger partial charge in [0.15, 0.2) is 0 Å². The predicted octanol–water partition coefficient (Wildman–Crippen LogP) is 2.65. The highest BCUT2D eigenvalue weighted by Crippen LogP contribution is 2.15. The number of carbonyl (C=O) groups is 1. The number of aromatic nitrogens is 3. The molecule has 1 N–H and O–H groups in total. The Bertz CT molecular complexity index is 632. The molecule has 5 nitrogen and oxygen atoms in total. The minimum Gasteiger partial charge on any atom is -0.338 e. The van der Waals surface area contributed by atoms with Gasteiger partial charge in [-0.3, -0.25) is 9.89 Å². The number of nitrogens with one attached hydrogen (secondary N) is 1. The van der Waals surface area contributed by atoms with Crippen LogP contribution >= 0.6 is 11.8 Å². The van der Waals surface area contributed by atoms with Crippen LogP contribution in [0.25, 0.3) is 0 Å². The standard InChI is InChI=1S/C15H19FN4OS/c1-3-13-17-15(19-18-13)22-10-14(21)20(4-2)9-11-6-5-7-12(16)8-11/h5-8H,3-4,9-10H2,1-2H3,(H,17,18,19). The molecule has 0 spiro atoms. The van der Waals surface area contributed by atoms with Crippen LogP contribution in [0.5, 0.6) is 0 Å². The molecule has 2 aromatic rings. The predicted molar refractivity (Wildman–Crippen MR) is 84.0 cm³/mol. The molecule has 1 aromatic carbocycles. The fraction of sp³-hybridized carbons (Fsp3) is 0.400. The first kappa shape index (κ1) is 16.5. The molecular weight excluding hydrogens is 303 g/mol. The molecule has 22 heavy (non-hydrogen) atoms. The third-order valence-corrected chi connectivity index (χ3v) is 4.00. The van der Waals surface area contributed by atoms with Crippen molar-refractivity contribution in [1.82, 2.24) is 20.1 Å². The van der Waals surface area contributed by atoms with Crippen LogP contribution < -0.4 is 0 Å². The van der Waals surface area contributed by atoms with Crippen LogP contribution in [0.4, 0.5) is 4.39 Å². The number of carbonyl (C=O) groups excluding carboxylic acids is 1. The van der Waals surface area contributed by atoms with E-state index in [9.17, 15) is 9.18 Å². The Balaban J connectivity index is 1.91. The normalized spacial score (nSPS) is 10.7. The van der Waals surface area contributed by atoms with Crippen LogP contribution in [0.3, 0.4) is 0 Å². The number of H-pyrrole nitrogens is 1. The van der Waals surface area contributed by atoms with Gasteiger partial charge < -0.3 is 4.90 Å². The smallest absolute Gasteiger partial charge is 0.233 e. The highest BCUT2D eigenvalue weighted by Gasteiger charge is 2.14. The lowest BCUT2D eigenvalue weighted by atomic mass is 10.2. The van der Waals surface area contributed by atoms with Crippen molar-refractivity contribution in [1.29, 1.82) is 0 Å². The molecule has 0 radical (unpaired) electrons. The van der Waals surface area contributed by atoms with Crippen molar-refractivity contribution in [3.8, 4) is 0 Å². The van der Waals surface area contributed by atoms with E-state index in [0.29, 0.717) is 18.2 Å². The first-order valence-electron chi connectivity index (χ1n) is 7.18. The van der Waals surface area contributed by atoms with E-state index < -0.39 is 0 Å². The molecule has 0 bridgehead atoms. The van der Waals surface area contributed by atoms with Gasteiger partial charge in [-0.05, 0) is 24.6 Å². The number of hydrogen-bond donors (Lipinski definition) is 1. The molecule has 0 aliphatic rings. The summed E-state index contributed by atoms with van der Waals surface area (Å²) < 4.78 is 13.2. The molecule has 118 valence electrons.